The molecule has 0 aliphatic carbocycles. The topological polar surface area (TPSA) is 26.0 Å². The minimum atomic E-state index is 0.609. The van der Waals surface area contributed by atoms with Crippen molar-refractivity contribution < 1.29 is 0 Å². The van der Waals surface area contributed by atoms with Crippen LogP contribution in [0.1, 0.15) is 27.2 Å². The number of allylic oxidation sites excluding steroid dienone is 3. The fourth-order valence-corrected chi connectivity index (χ4v) is 0.939. The summed E-state index contributed by atoms with van der Waals surface area (Å²) < 4.78 is 0. The first-order valence-corrected chi connectivity index (χ1v) is 4.25. The maximum absolute atomic E-state index is 5.40. The smallest absolute Gasteiger partial charge is 0.00424 e. The number of hydrogen-bond acceptors (Lipinski definition) is 1. The van der Waals surface area contributed by atoms with Gasteiger partial charge in [-0.15, -0.1) is 0 Å². The van der Waals surface area contributed by atoms with E-state index in [1.807, 2.05) is 6.92 Å². The van der Waals surface area contributed by atoms with Gasteiger partial charge in [0, 0.05) is 0 Å². The molecule has 1 nitrogen and oxygen atoms in total. The lowest BCUT2D eigenvalue weighted by Gasteiger charge is -2.05. The Labute approximate surface area is 70.0 Å². The predicted octanol–water partition coefficient (Wildman–Crippen LogP) is 2.49. The van der Waals surface area contributed by atoms with Crippen molar-refractivity contribution in [2.75, 3.05) is 6.54 Å². The zero-order valence-corrected chi connectivity index (χ0v) is 7.80. The molecule has 0 heterocycles. The monoisotopic (exact) mass is 153 g/mol. The summed E-state index contributed by atoms with van der Waals surface area (Å²) in [7, 11) is 0. The van der Waals surface area contributed by atoms with Crippen molar-refractivity contribution >= 4 is 0 Å². The van der Waals surface area contributed by atoms with Gasteiger partial charge in [-0.3, -0.25) is 0 Å². The molecule has 0 aliphatic rings. The van der Waals surface area contributed by atoms with Gasteiger partial charge in [-0.1, -0.05) is 32.1 Å². The van der Waals surface area contributed by atoms with Crippen molar-refractivity contribution in [1.29, 1.82) is 0 Å². The van der Waals surface area contributed by atoms with Crippen LogP contribution in [-0.4, -0.2) is 6.54 Å². The van der Waals surface area contributed by atoms with Gasteiger partial charge in [0.1, 0.15) is 0 Å². The fourth-order valence-electron chi connectivity index (χ4n) is 0.939. The van der Waals surface area contributed by atoms with Crippen LogP contribution in [-0.2, 0) is 0 Å². The van der Waals surface area contributed by atoms with Crippen LogP contribution in [0.2, 0.25) is 0 Å². The highest BCUT2D eigenvalue weighted by Crippen LogP contribution is 2.11. The average Bonchev–Trinajstić information content (AvgIpc) is 1.97. The van der Waals surface area contributed by atoms with E-state index in [2.05, 4.69) is 32.1 Å². The van der Waals surface area contributed by atoms with Crippen molar-refractivity contribution in [2.45, 2.75) is 27.2 Å². The summed E-state index contributed by atoms with van der Waals surface area (Å²) in [5.74, 6) is 0.609. The lowest BCUT2D eigenvalue weighted by molar-refractivity contribution is 0.781. The molecule has 0 aromatic rings. The van der Waals surface area contributed by atoms with Crippen molar-refractivity contribution in [1.82, 2.24) is 0 Å². The molecule has 0 rings (SSSR count). The Morgan fingerprint density at radius 3 is 2.45 bits per heavy atom. The maximum atomic E-state index is 5.40. The van der Waals surface area contributed by atoms with E-state index in [1.165, 1.54) is 5.57 Å². The SMILES string of the molecule is C/C=C\C(=C/CCN)C(C)C. The third-order valence-corrected chi connectivity index (χ3v) is 1.57. The van der Waals surface area contributed by atoms with Crippen molar-refractivity contribution in [2.24, 2.45) is 11.7 Å². The Kier molecular flexibility index (Phi) is 5.86. The largest absolute Gasteiger partial charge is 0.330 e. The molecule has 11 heavy (non-hydrogen) atoms. The Morgan fingerprint density at radius 2 is 2.09 bits per heavy atom. The Morgan fingerprint density at radius 1 is 1.45 bits per heavy atom. The molecule has 0 amide bonds. The molecular formula is C10H19N. The van der Waals surface area contributed by atoms with E-state index in [-0.39, 0.29) is 0 Å². The quantitative estimate of drug-likeness (QED) is 0.617. The standard InChI is InChI=1S/C10H19N/c1-4-6-10(9(2)3)7-5-8-11/h4,6-7,9H,5,8,11H2,1-3H3/b6-4-,10-7+. The van der Waals surface area contributed by atoms with Crippen LogP contribution in [0.5, 0.6) is 0 Å². The van der Waals surface area contributed by atoms with Gasteiger partial charge in [0.15, 0.2) is 0 Å². The molecule has 0 aromatic carbocycles. The highest BCUT2D eigenvalue weighted by Gasteiger charge is 1.96. The Balaban J connectivity index is 4.08. The van der Waals surface area contributed by atoms with Gasteiger partial charge in [0.05, 0.1) is 0 Å². The van der Waals surface area contributed by atoms with Gasteiger partial charge in [-0.2, -0.15) is 0 Å². The normalized spacial score (nSPS) is 13.4. The third-order valence-electron chi connectivity index (χ3n) is 1.57. The van der Waals surface area contributed by atoms with E-state index < -0.39 is 0 Å². The second-order valence-electron chi connectivity index (χ2n) is 2.94. The van der Waals surface area contributed by atoms with Gasteiger partial charge in [0.25, 0.3) is 0 Å². The van der Waals surface area contributed by atoms with E-state index >= 15 is 0 Å². The van der Waals surface area contributed by atoms with E-state index in [9.17, 15) is 0 Å². The molecular weight excluding hydrogens is 134 g/mol. The summed E-state index contributed by atoms with van der Waals surface area (Å²) in [6.45, 7) is 7.18. The zero-order valence-electron chi connectivity index (χ0n) is 7.80. The first kappa shape index (κ1) is 10.4. The minimum Gasteiger partial charge on any atom is -0.330 e. The summed E-state index contributed by atoms with van der Waals surface area (Å²) in [5, 5.41) is 0. The highest BCUT2D eigenvalue weighted by atomic mass is 14.5. The Bertz CT molecular complexity index is 143. The van der Waals surface area contributed by atoms with Crippen LogP contribution in [0.15, 0.2) is 23.8 Å². The van der Waals surface area contributed by atoms with E-state index in [0.29, 0.717) is 5.92 Å². The lowest BCUT2D eigenvalue weighted by Crippen LogP contribution is -1.98. The molecule has 0 saturated carbocycles. The van der Waals surface area contributed by atoms with Crippen LogP contribution in [0.4, 0.5) is 0 Å². The van der Waals surface area contributed by atoms with Crippen molar-refractivity contribution in [3.05, 3.63) is 23.8 Å². The number of nitrogens with two attached hydrogens (primary N) is 1. The summed E-state index contributed by atoms with van der Waals surface area (Å²) in [4.78, 5) is 0. The summed E-state index contributed by atoms with van der Waals surface area (Å²) in [6, 6.07) is 0. The molecule has 0 unspecified atom stereocenters. The summed E-state index contributed by atoms with van der Waals surface area (Å²) in [5.41, 5.74) is 6.79. The maximum Gasteiger partial charge on any atom is -0.00424 e. The van der Waals surface area contributed by atoms with Crippen LogP contribution in [0.3, 0.4) is 0 Å². The first-order valence-electron chi connectivity index (χ1n) is 4.25. The van der Waals surface area contributed by atoms with Crippen LogP contribution in [0, 0.1) is 5.92 Å². The summed E-state index contributed by atoms with van der Waals surface area (Å²) in [6.07, 6.45) is 7.42. The van der Waals surface area contributed by atoms with Crippen molar-refractivity contribution in [3.8, 4) is 0 Å². The van der Waals surface area contributed by atoms with Gasteiger partial charge in [0.2, 0.25) is 0 Å². The van der Waals surface area contributed by atoms with Crippen LogP contribution >= 0.6 is 0 Å². The fraction of sp³-hybridized carbons (Fsp3) is 0.600. The molecule has 0 aliphatic heterocycles. The molecule has 2 N–H and O–H groups in total. The van der Waals surface area contributed by atoms with E-state index in [1.54, 1.807) is 0 Å². The third kappa shape index (κ3) is 4.79. The van der Waals surface area contributed by atoms with Gasteiger partial charge in [-0.25, -0.2) is 0 Å². The van der Waals surface area contributed by atoms with Crippen LogP contribution < -0.4 is 5.73 Å². The van der Waals surface area contributed by atoms with Gasteiger partial charge >= 0.3 is 0 Å². The second kappa shape index (κ2) is 6.17. The van der Waals surface area contributed by atoms with Gasteiger partial charge < -0.3 is 5.73 Å². The molecule has 0 fully saturated rings. The first-order chi connectivity index (χ1) is 5.22. The highest BCUT2D eigenvalue weighted by molar-refractivity contribution is 5.19. The molecule has 0 bridgehead atoms. The number of rotatable bonds is 4. The van der Waals surface area contributed by atoms with E-state index in [0.717, 1.165) is 13.0 Å². The predicted molar refractivity (Wildman–Crippen MR) is 51.4 cm³/mol. The molecule has 0 atom stereocenters. The average molecular weight is 153 g/mol. The van der Waals surface area contributed by atoms with Crippen molar-refractivity contribution in [3.63, 3.8) is 0 Å². The Hall–Kier alpha value is -0.560. The lowest BCUT2D eigenvalue weighted by atomic mass is 10.0. The number of hydrogen-bond donors (Lipinski definition) is 1. The summed E-state index contributed by atoms with van der Waals surface area (Å²) >= 11 is 0. The molecule has 0 aromatic heterocycles. The molecule has 0 spiro atoms. The molecule has 1 heteroatoms. The second-order valence-corrected chi connectivity index (χ2v) is 2.94. The zero-order chi connectivity index (χ0) is 8.69. The molecule has 0 radical (unpaired) electrons. The molecule has 64 valence electrons. The molecule has 0 saturated heterocycles. The van der Waals surface area contributed by atoms with Crippen LogP contribution in [0.25, 0.3) is 0 Å². The minimum absolute atomic E-state index is 0.609. The van der Waals surface area contributed by atoms with E-state index in [4.69, 9.17) is 5.73 Å². The van der Waals surface area contributed by atoms with Gasteiger partial charge in [-0.05, 0) is 31.4 Å².